The maximum Gasteiger partial charge on any atom is 0.170 e. The molecule has 4 heteroatoms. The van der Waals surface area contributed by atoms with E-state index < -0.39 is 0 Å². The van der Waals surface area contributed by atoms with Crippen molar-refractivity contribution < 1.29 is 9.94 Å². The van der Waals surface area contributed by atoms with Crippen molar-refractivity contribution in [2.24, 2.45) is 22.7 Å². The minimum Gasteiger partial charge on any atom is -0.490 e. The van der Waals surface area contributed by atoms with Crippen LogP contribution in [-0.4, -0.2) is 17.1 Å². The van der Waals surface area contributed by atoms with Gasteiger partial charge in [-0.15, -0.1) is 0 Å². The molecule has 1 aromatic carbocycles. The topological polar surface area (TPSA) is 67.8 Å². The van der Waals surface area contributed by atoms with E-state index in [1.807, 2.05) is 12.1 Å². The molecule has 4 nitrogen and oxygen atoms in total. The molecule has 2 rings (SSSR count). The summed E-state index contributed by atoms with van der Waals surface area (Å²) in [6.45, 7) is 4.57. The number of nitrogens with zero attached hydrogens (tertiary/aromatic N) is 1. The number of benzene rings is 1. The van der Waals surface area contributed by atoms with Crippen molar-refractivity contribution in [1.29, 1.82) is 0 Å². The van der Waals surface area contributed by atoms with Crippen LogP contribution in [-0.2, 0) is 0 Å². The van der Waals surface area contributed by atoms with Crippen molar-refractivity contribution in [3.63, 3.8) is 0 Å². The van der Waals surface area contributed by atoms with Gasteiger partial charge in [0.25, 0.3) is 0 Å². The van der Waals surface area contributed by atoms with Gasteiger partial charge >= 0.3 is 0 Å². The molecule has 0 aromatic heterocycles. The van der Waals surface area contributed by atoms with E-state index >= 15 is 0 Å². The van der Waals surface area contributed by atoms with Gasteiger partial charge in [-0.1, -0.05) is 19.0 Å². The highest BCUT2D eigenvalue weighted by atomic mass is 16.5. The minimum absolute atomic E-state index is 0.117. The van der Waals surface area contributed by atoms with Crippen LogP contribution in [0.1, 0.15) is 38.7 Å². The highest BCUT2D eigenvalue weighted by molar-refractivity contribution is 5.97. The minimum atomic E-state index is 0.117. The summed E-state index contributed by atoms with van der Waals surface area (Å²) in [7, 11) is 0. The lowest BCUT2D eigenvalue weighted by Gasteiger charge is -2.31. The molecule has 2 unspecified atom stereocenters. The molecule has 2 atom stereocenters. The molecule has 0 aliphatic heterocycles. The molecule has 0 spiro atoms. The SMILES string of the molecule is CC1CC(C)CC(Oc2ccc(C(N)=NO)cc2)C1. The molecule has 1 aliphatic rings. The zero-order valence-electron chi connectivity index (χ0n) is 11.5. The molecule has 1 saturated carbocycles. The summed E-state index contributed by atoms with van der Waals surface area (Å²) < 4.78 is 6.02. The van der Waals surface area contributed by atoms with Crippen LogP contribution in [0.25, 0.3) is 0 Å². The lowest BCUT2D eigenvalue weighted by molar-refractivity contribution is 0.101. The lowest BCUT2D eigenvalue weighted by atomic mass is 9.82. The van der Waals surface area contributed by atoms with E-state index in [1.165, 1.54) is 6.42 Å². The fourth-order valence-corrected chi connectivity index (χ4v) is 2.92. The number of rotatable bonds is 3. The van der Waals surface area contributed by atoms with Crippen LogP contribution >= 0.6 is 0 Å². The first-order valence-corrected chi connectivity index (χ1v) is 6.83. The number of ether oxygens (including phenoxy) is 1. The molecule has 1 aromatic rings. The third kappa shape index (κ3) is 3.63. The van der Waals surface area contributed by atoms with Crippen LogP contribution in [0.4, 0.5) is 0 Å². The Balaban J connectivity index is 1.99. The first kappa shape index (κ1) is 13.7. The molecule has 3 N–H and O–H groups in total. The van der Waals surface area contributed by atoms with Gasteiger partial charge in [0.1, 0.15) is 5.75 Å². The summed E-state index contributed by atoms with van der Waals surface area (Å²) in [5.74, 6) is 2.42. The van der Waals surface area contributed by atoms with Crippen LogP contribution in [0.5, 0.6) is 5.75 Å². The second kappa shape index (κ2) is 5.95. The van der Waals surface area contributed by atoms with E-state index in [4.69, 9.17) is 15.7 Å². The fourth-order valence-electron chi connectivity index (χ4n) is 2.92. The molecule has 0 amide bonds. The summed E-state index contributed by atoms with van der Waals surface area (Å²) in [4.78, 5) is 0. The Hall–Kier alpha value is -1.71. The van der Waals surface area contributed by atoms with Crippen LogP contribution in [0.2, 0.25) is 0 Å². The average molecular weight is 262 g/mol. The van der Waals surface area contributed by atoms with Gasteiger partial charge in [0.05, 0.1) is 6.10 Å². The van der Waals surface area contributed by atoms with E-state index in [9.17, 15) is 0 Å². The van der Waals surface area contributed by atoms with Gasteiger partial charge in [0.15, 0.2) is 5.84 Å². The summed E-state index contributed by atoms with van der Waals surface area (Å²) in [6.07, 6.45) is 3.83. The molecule has 0 heterocycles. The van der Waals surface area contributed by atoms with Crippen molar-refractivity contribution >= 4 is 5.84 Å². The standard InChI is InChI=1S/C15H22N2O2/c1-10-7-11(2)9-14(8-10)19-13-5-3-12(4-6-13)15(16)17-18/h3-6,10-11,14,18H,7-9H2,1-2H3,(H2,16,17). The van der Waals surface area contributed by atoms with Crippen LogP contribution in [0, 0.1) is 11.8 Å². The van der Waals surface area contributed by atoms with Crippen molar-refractivity contribution in [3.8, 4) is 5.75 Å². The van der Waals surface area contributed by atoms with E-state index in [0.717, 1.165) is 30.4 Å². The Bertz CT molecular complexity index is 432. The van der Waals surface area contributed by atoms with Crippen LogP contribution in [0.15, 0.2) is 29.4 Å². The van der Waals surface area contributed by atoms with E-state index in [1.54, 1.807) is 12.1 Å². The first-order chi connectivity index (χ1) is 9.08. The predicted octanol–water partition coefficient (Wildman–Crippen LogP) is 2.98. The van der Waals surface area contributed by atoms with Crippen molar-refractivity contribution in [3.05, 3.63) is 29.8 Å². The Morgan fingerprint density at radius 3 is 2.26 bits per heavy atom. The monoisotopic (exact) mass is 262 g/mol. The Morgan fingerprint density at radius 2 is 1.74 bits per heavy atom. The van der Waals surface area contributed by atoms with Gasteiger partial charge in [0.2, 0.25) is 0 Å². The van der Waals surface area contributed by atoms with Gasteiger partial charge in [0, 0.05) is 5.56 Å². The third-order valence-electron chi connectivity index (χ3n) is 3.70. The smallest absolute Gasteiger partial charge is 0.170 e. The maximum absolute atomic E-state index is 8.61. The van der Waals surface area contributed by atoms with Crippen molar-refractivity contribution in [2.75, 3.05) is 0 Å². The molecule has 104 valence electrons. The maximum atomic E-state index is 8.61. The average Bonchev–Trinajstić information content (AvgIpc) is 2.37. The summed E-state index contributed by atoms with van der Waals surface area (Å²) in [5, 5.41) is 11.6. The van der Waals surface area contributed by atoms with Crippen LogP contribution < -0.4 is 10.5 Å². The third-order valence-corrected chi connectivity index (χ3v) is 3.70. The number of hydrogen-bond donors (Lipinski definition) is 2. The molecule has 1 aliphatic carbocycles. The Labute approximate surface area is 114 Å². The van der Waals surface area contributed by atoms with Gasteiger partial charge in [-0.05, 0) is 55.4 Å². The highest BCUT2D eigenvalue weighted by Crippen LogP contribution is 2.31. The highest BCUT2D eigenvalue weighted by Gasteiger charge is 2.25. The predicted molar refractivity (Wildman–Crippen MR) is 75.5 cm³/mol. The molecular weight excluding hydrogens is 240 g/mol. The summed E-state index contributed by atoms with van der Waals surface area (Å²) in [5.41, 5.74) is 6.22. The van der Waals surface area contributed by atoms with E-state index in [2.05, 4.69) is 19.0 Å². The zero-order chi connectivity index (χ0) is 13.8. The number of amidine groups is 1. The largest absolute Gasteiger partial charge is 0.490 e. The first-order valence-electron chi connectivity index (χ1n) is 6.83. The second-order valence-corrected chi connectivity index (χ2v) is 5.67. The Kier molecular flexibility index (Phi) is 4.30. The molecule has 0 saturated heterocycles. The van der Waals surface area contributed by atoms with Gasteiger partial charge in [-0.2, -0.15) is 0 Å². The van der Waals surface area contributed by atoms with Gasteiger partial charge in [-0.25, -0.2) is 0 Å². The lowest BCUT2D eigenvalue weighted by Crippen LogP contribution is -2.28. The number of nitrogens with two attached hydrogens (primary N) is 1. The summed E-state index contributed by atoms with van der Waals surface area (Å²) >= 11 is 0. The van der Waals surface area contributed by atoms with Gasteiger partial charge < -0.3 is 15.7 Å². The second-order valence-electron chi connectivity index (χ2n) is 5.67. The zero-order valence-corrected chi connectivity index (χ0v) is 11.5. The fraction of sp³-hybridized carbons (Fsp3) is 0.533. The van der Waals surface area contributed by atoms with Crippen LogP contribution in [0.3, 0.4) is 0 Å². The molecule has 1 fully saturated rings. The summed E-state index contributed by atoms with van der Waals surface area (Å²) in [6, 6.07) is 7.36. The van der Waals surface area contributed by atoms with Crippen molar-refractivity contribution in [2.45, 2.75) is 39.2 Å². The molecular formula is C15H22N2O2. The number of oxime groups is 1. The number of hydrogen-bond acceptors (Lipinski definition) is 3. The normalized spacial score (nSPS) is 28.1. The van der Waals surface area contributed by atoms with E-state index in [-0.39, 0.29) is 5.84 Å². The van der Waals surface area contributed by atoms with Crippen molar-refractivity contribution in [1.82, 2.24) is 0 Å². The molecule has 19 heavy (non-hydrogen) atoms. The molecule has 0 radical (unpaired) electrons. The van der Waals surface area contributed by atoms with E-state index in [0.29, 0.717) is 11.7 Å². The Morgan fingerprint density at radius 1 is 1.16 bits per heavy atom. The van der Waals surface area contributed by atoms with Gasteiger partial charge in [-0.3, -0.25) is 0 Å². The quantitative estimate of drug-likeness (QED) is 0.381. The molecule has 0 bridgehead atoms.